The molecule has 0 aromatic carbocycles. The smallest absolute Gasteiger partial charge is 0.290 e. The second-order valence-corrected chi connectivity index (χ2v) is 4.17. The van der Waals surface area contributed by atoms with E-state index in [0.29, 0.717) is 18.3 Å². The Morgan fingerprint density at radius 1 is 1.67 bits per heavy atom. The van der Waals surface area contributed by atoms with Crippen LogP contribution in [0.5, 0.6) is 0 Å². The Labute approximate surface area is 89.1 Å². The molecule has 5 heteroatoms. The molecule has 1 atom stereocenters. The molecule has 4 N–H and O–H groups in total. The summed E-state index contributed by atoms with van der Waals surface area (Å²) < 4.78 is 0. The zero-order valence-electron chi connectivity index (χ0n) is 9.37. The minimum Gasteiger partial charge on any atom is -0.359 e. The summed E-state index contributed by atoms with van der Waals surface area (Å²) in [5.41, 5.74) is 5.16. The van der Waals surface area contributed by atoms with Gasteiger partial charge in [0.1, 0.15) is 0 Å². The van der Waals surface area contributed by atoms with Crippen LogP contribution in [0.4, 0.5) is 5.82 Å². The van der Waals surface area contributed by atoms with Gasteiger partial charge in [-0.2, -0.15) is 0 Å². The van der Waals surface area contributed by atoms with Gasteiger partial charge in [0, 0.05) is 18.9 Å². The SMILES string of the molecule is CC(C)C(C)(CN)Nc1ncc[nH]c1=O. The Morgan fingerprint density at radius 2 is 2.33 bits per heavy atom. The molecule has 1 aromatic heterocycles. The molecule has 1 rings (SSSR count). The highest BCUT2D eigenvalue weighted by Crippen LogP contribution is 2.18. The highest BCUT2D eigenvalue weighted by atomic mass is 16.1. The zero-order valence-corrected chi connectivity index (χ0v) is 9.37. The fraction of sp³-hybridized carbons (Fsp3) is 0.600. The molecule has 0 aliphatic rings. The molecule has 0 amide bonds. The molecule has 0 saturated heterocycles. The number of aromatic amines is 1. The topological polar surface area (TPSA) is 83.8 Å². The van der Waals surface area contributed by atoms with E-state index in [1.807, 2.05) is 6.92 Å². The third-order valence-corrected chi connectivity index (χ3v) is 2.81. The quantitative estimate of drug-likeness (QED) is 0.678. The van der Waals surface area contributed by atoms with Gasteiger partial charge >= 0.3 is 0 Å². The molecule has 0 aliphatic heterocycles. The molecule has 0 radical (unpaired) electrons. The second-order valence-electron chi connectivity index (χ2n) is 4.17. The molecule has 0 aliphatic carbocycles. The van der Waals surface area contributed by atoms with Gasteiger partial charge in [-0.25, -0.2) is 4.98 Å². The first-order chi connectivity index (χ1) is 6.99. The van der Waals surface area contributed by atoms with Gasteiger partial charge in [0.05, 0.1) is 5.54 Å². The Balaban J connectivity index is 2.94. The van der Waals surface area contributed by atoms with E-state index in [0.717, 1.165) is 0 Å². The predicted octanol–water partition coefficient (Wildman–Crippen LogP) is 0.555. The van der Waals surface area contributed by atoms with Crippen molar-refractivity contribution < 1.29 is 0 Å². The number of hydrogen-bond donors (Lipinski definition) is 3. The highest BCUT2D eigenvalue weighted by molar-refractivity contribution is 5.34. The lowest BCUT2D eigenvalue weighted by Crippen LogP contribution is -2.48. The molecule has 1 heterocycles. The van der Waals surface area contributed by atoms with E-state index < -0.39 is 0 Å². The third kappa shape index (κ3) is 2.56. The number of nitrogens with one attached hydrogen (secondary N) is 2. The first kappa shape index (κ1) is 11.7. The number of rotatable bonds is 4. The molecular formula is C10H18N4O. The van der Waals surface area contributed by atoms with Crippen molar-refractivity contribution in [2.75, 3.05) is 11.9 Å². The van der Waals surface area contributed by atoms with E-state index in [2.05, 4.69) is 29.1 Å². The van der Waals surface area contributed by atoms with Crippen LogP contribution in [0, 0.1) is 5.92 Å². The summed E-state index contributed by atoms with van der Waals surface area (Å²) in [6.07, 6.45) is 3.05. The molecular weight excluding hydrogens is 192 g/mol. The molecule has 5 nitrogen and oxygen atoms in total. The van der Waals surface area contributed by atoms with Gasteiger partial charge in [-0.05, 0) is 12.8 Å². The number of nitrogens with zero attached hydrogens (tertiary/aromatic N) is 1. The van der Waals surface area contributed by atoms with Crippen LogP contribution in [0.3, 0.4) is 0 Å². The number of aromatic nitrogens is 2. The van der Waals surface area contributed by atoms with Gasteiger partial charge in [0.25, 0.3) is 5.56 Å². The average molecular weight is 210 g/mol. The van der Waals surface area contributed by atoms with Gasteiger partial charge in [-0.15, -0.1) is 0 Å². The van der Waals surface area contributed by atoms with E-state index in [1.165, 1.54) is 6.20 Å². The van der Waals surface area contributed by atoms with Crippen molar-refractivity contribution in [2.24, 2.45) is 11.7 Å². The van der Waals surface area contributed by atoms with Gasteiger partial charge in [-0.1, -0.05) is 13.8 Å². The summed E-state index contributed by atoms with van der Waals surface area (Å²) in [7, 11) is 0. The van der Waals surface area contributed by atoms with Crippen LogP contribution in [-0.4, -0.2) is 22.1 Å². The van der Waals surface area contributed by atoms with Crippen molar-refractivity contribution in [3.8, 4) is 0 Å². The van der Waals surface area contributed by atoms with Crippen LogP contribution >= 0.6 is 0 Å². The van der Waals surface area contributed by atoms with Crippen molar-refractivity contribution in [1.82, 2.24) is 9.97 Å². The second kappa shape index (κ2) is 4.44. The summed E-state index contributed by atoms with van der Waals surface area (Å²) in [6.45, 7) is 6.53. The zero-order chi connectivity index (χ0) is 11.5. The maximum atomic E-state index is 11.4. The lowest BCUT2D eigenvalue weighted by atomic mass is 9.88. The van der Waals surface area contributed by atoms with E-state index >= 15 is 0 Å². The molecule has 84 valence electrons. The van der Waals surface area contributed by atoms with Gasteiger partial charge in [0.15, 0.2) is 5.82 Å². The fourth-order valence-electron chi connectivity index (χ4n) is 1.14. The molecule has 0 fully saturated rings. The predicted molar refractivity (Wildman–Crippen MR) is 60.8 cm³/mol. The lowest BCUT2D eigenvalue weighted by Gasteiger charge is -2.33. The van der Waals surface area contributed by atoms with E-state index in [9.17, 15) is 4.79 Å². The van der Waals surface area contributed by atoms with Crippen molar-refractivity contribution in [3.63, 3.8) is 0 Å². The molecule has 1 aromatic rings. The van der Waals surface area contributed by atoms with Gasteiger partial charge in [-0.3, -0.25) is 4.79 Å². The van der Waals surface area contributed by atoms with E-state index in [1.54, 1.807) is 6.20 Å². The molecule has 0 spiro atoms. The maximum absolute atomic E-state index is 11.4. The summed E-state index contributed by atoms with van der Waals surface area (Å²) in [6, 6.07) is 0. The Bertz CT molecular complexity index is 374. The van der Waals surface area contributed by atoms with Crippen LogP contribution in [0.15, 0.2) is 17.2 Å². The Hall–Kier alpha value is -1.36. The van der Waals surface area contributed by atoms with Crippen molar-refractivity contribution in [1.29, 1.82) is 0 Å². The number of hydrogen-bond acceptors (Lipinski definition) is 4. The van der Waals surface area contributed by atoms with Crippen LogP contribution in [0.2, 0.25) is 0 Å². The monoisotopic (exact) mass is 210 g/mol. The summed E-state index contributed by atoms with van der Waals surface area (Å²) >= 11 is 0. The van der Waals surface area contributed by atoms with Crippen molar-refractivity contribution in [2.45, 2.75) is 26.3 Å². The van der Waals surface area contributed by atoms with Gasteiger partial charge in [0.2, 0.25) is 0 Å². The number of H-pyrrole nitrogens is 1. The first-order valence-corrected chi connectivity index (χ1v) is 5.01. The number of anilines is 1. The van der Waals surface area contributed by atoms with Gasteiger partial charge < -0.3 is 16.0 Å². The Kier molecular flexibility index (Phi) is 3.47. The van der Waals surface area contributed by atoms with Crippen LogP contribution < -0.4 is 16.6 Å². The van der Waals surface area contributed by atoms with Crippen LogP contribution in [0.1, 0.15) is 20.8 Å². The van der Waals surface area contributed by atoms with Crippen molar-refractivity contribution in [3.05, 3.63) is 22.7 Å². The first-order valence-electron chi connectivity index (χ1n) is 5.01. The molecule has 0 bridgehead atoms. The molecule has 0 saturated carbocycles. The summed E-state index contributed by atoms with van der Waals surface area (Å²) in [5.74, 6) is 0.628. The highest BCUT2D eigenvalue weighted by Gasteiger charge is 2.27. The molecule has 15 heavy (non-hydrogen) atoms. The fourth-order valence-corrected chi connectivity index (χ4v) is 1.14. The van der Waals surface area contributed by atoms with Crippen LogP contribution in [0.25, 0.3) is 0 Å². The third-order valence-electron chi connectivity index (χ3n) is 2.81. The minimum atomic E-state index is -0.318. The van der Waals surface area contributed by atoms with Crippen molar-refractivity contribution >= 4 is 5.82 Å². The summed E-state index contributed by atoms with van der Waals surface area (Å²) in [4.78, 5) is 18.0. The average Bonchev–Trinajstić information content (AvgIpc) is 2.21. The molecule has 1 unspecified atom stereocenters. The standard InChI is InChI=1S/C10H18N4O/c1-7(2)10(3,6-11)14-8-9(15)13-5-4-12-8/h4-5,7H,6,11H2,1-3H3,(H,12,14)(H,13,15). The number of nitrogens with two attached hydrogens (primary N) is 1. The van der Waals surface area contributed by atoms with E-state index in [-0.39, 0.29) is 11.1 Å². The summed E-state index contributed by atoms with van der Waals surface area (Å²) in [5, 5.41) is 3.09. The van der Waals surface area contributed by atoms with E-state index in [4.69, 9.17) is 5.73 Å². The minimum absolute atomic E-state index is 0.224. The Morgan fingerprint density at radius 3 is 2.80 bits per heavy atom. The largest absolute Gasteiger partial charge is 0.359 e. The lowest BCUT2D eigenvalue weighted by molar-refractivity contribution is 0.381. The normalized spacial score (nSPS) is 15.0. The maximum Gasteiger partial charge on any atom is 0.290 e. The van der Waals surface area contributed by atoms with Crippen LogP contribution in [-0.2, 0) is 0 Å².